The molecule has 55 heavy (non-hydrogen) atoms. The van der Waals surface area contributed by atoms with Crippen LogP contribution >= 0.6 is 11.6 Å². The lowest BCUT2D eigenvalue weighted by Crippen LogP contribution is -2.57. The second kappa shape index (κ2) is 15.4. The van der Waals surface area contributed by atoms with Crippen LogP contribution in [0, 0.1) is 5.41 Å². The highest BCUT2D eigenvalue weighted by Gasteiger charge is 2.57. The quantitative estimate of drug-likeness (QED) is 0.149. The molecule has 2 aromatic carbocycles. The highest BCUT2D eigenvalue weighted by molar-refractivity contribution is 6.33. The summed E-state index contributed by atoms with van der Waals surface area (Å²) < 4.78 is 52.0. The fourth-order valence-corrected chi connectivity index (χ4v) is 9.07. The van der Waals surface area contributed by atoms with Gasteiger partial charge in [0.25, 0.3) is 5.91 Å². The summed E-state index contributed by atoms with van der Waals surface area (Å²) in [6, 6.07) is 14.9. The van der Waals surface area contributed by atoms with E-state index in [1.807, 2.05) is 12.1 Å². The maximum absolute atomic E-state index is 14.5. The standard InChI is InChI=1S/C43H46ClF3N2O6/c1-27-5-3-16-41(2)34(15-17-42(41,53)26-48-18-20-49(21-19-48)40(52)38-6-4-22-54-38)31-11-8-28(23-30(50)10-7-27)24-32(31)39(51)37-14-13-36(55-37)33-25-29(43(45,46)47)9-12-35(33)44/h4-6,8-9,11-14,22,24-25,30,34,50,53H,3,7,10,15-21,23,26H2,1-2H3/t30-,34-,41-,42+/m0/s1. The molecule has 4 aliphatic rings. The van der Waals surface area contributed by atoms with Gasteiger partial charge in [0.15, 0.2) is 11.5 Å². The zero-order chi connectivity index (χ0) is 39.1. The van der Waals surface area contributed by atoms with Crippen molar-refractivity contribution in [1.29, 1.82) is 0 Å². The smallest absolute Gasteiger partial charge is 0.416 e. The largest absolute Gasteiger partial charge is 0.459 e. The van der Waals surface area contributed by atoms with Gasteiger partial charge in [-0.2, -0.15) is 13.2 Å². The molecule has 2 aromatic heterocycles. The molecule has 8 rings (SSSR count). The lowest BCUT2D eigenvalue weighted by molar-refractivity contribution is -0.137. The van der Waals surface area contributed by atoms with Crippen molar-refractivity contribution in [2.24, 2.45) is 5.41 Å². The molecule has 1 amide bonds. The number of hydrogen-bond donors (Lipinski definition) is 2. The van der Waals surface area contributed by atoms with E-state index in [1.165, 1.54) is 24.0 Å². The number of hydrogen-bond acceptors (Lipinski definition) is 7. The summed E-state index contributed by atoms with van der Waals surface area (Å²) in [6.45, 7) is 6.76. The number of ketones is 1. The fraction of sp³-hybridized carbons (Fsp3) is 0.442. The van der Waals surface area contributed by atoms with Crippen LogP contribution in [-0.2, 0) is 12.6 Å². The van der Waals surface area contributed by atoms with E-state index < -0.39 is 34.6 Å². The highest BCUT2D eigenvalue weighted by Crippen LogP contribution is 2.59. The molecule has 292 valence electrons. The normalized spacial score (nSPS) is 25.4. The van der Waals surface area contributed by atoms with Crippen molar-refractivity contribution in [3.63, 3.8) is 0 Å². The number of amides is 1. The third-order valence-corrected chi connectivity index (χ3v) is 12.5. The first-order valence-corrected chi connectivity index (χ1v) is 19.3. The number of aliphatic hydroxyl groups excluding tert-OH is 1. The molecule has 0 spiro atoms. The number of piperazine rings is 1. The van der Waals surface area contributed by atoms with Gasteiger partial charge in [0.05, 0.1) is 28.6 Å². The minimum atomic E-state index is -4.59. The van der Waals surface area contributed by atoms with Crippen molar-refractivity contribution in [3.05, 3.63) is 117 Å². The molecule has 2 bridgehead atoms. The Balaban J connectivity index is 1.21. The maximum Gasteiger partial charge on any atom is 0.416 e. The SMILES string of the molecule is CC1=CCC[C@@]2(C)[C@@H](CC[C@@]2(O)CN2CCN(C(=O)c3ccco3)CC2)c2ccc(cc2C(=O)c2ccc(-c3cc(C(F)(F)F)ccc3Cl)o2)C[C@@H](O)CC1. The predicted molar refractivity (Wildman–Crippen MR) is 202 cm³/mol. The Labute approximate surface area is 323 Å². The molecule has 3 aliphatic carbocycles. The topological polar surface area (TPSA) is 107 Å². The molecule has 8 nitrogen and oxygen atoms in total. The number of allylic oxidation sites excluding steroid dienone is 2. The Morgan fingerprint density at radius 3 is 2.49 bits per heavy atom. The molecule has 0 unspecified atom stereocenters. The van der Waals surface area contributed by atoms with Gasteiger partial charge in [0.2, 0.25) is 5.78 Å². The number of nitrogens with zero attached hydrogens (tertiary/aromatic N) is 2. The number of halogens is 4. The van der Waals surface area contributed by atoms with E-state index in [-0.39, 0.29) is 33.9 Å². The Hall–Kier alpha value is -4.16. The molecular weight excluding hydrogens is 733 g/mol. The Bertz CT molecular complexity index is 2070. The van der Waals surface area contributed by atoms with Crippen molar-refractivity contribution < 1.29 is 41.8 Å². The van der Waals surface area contributed by atoms with E-state index in [0.717, 1.165) is 29.3 Å². The van der Waals surface area contributed by atoms with E-state index in [2.05, 4.69) is 24.8 Å². The van der Waals surface area contributed by atoms with E-state index >= 15 is 0 Å². The van der Waals surface area contributed by atoms with Crippen molar-refractivity contribution in [2.45, 2.75) is 82.6 Å². The van der Waals surface area contributed by atoms with Gasteiger partial charge in [-0.25, -0.2) is 0 Å². The molecule has 12 heteroatoms. The molecule has 1 aliphatic heterocycles. The zero-order valence-corrected chi connectivity index (χ0v) is 31.8. The molecule has 1 saturated heterocycles. The molecule has 2 fully saturated rings. The second-order valence-corrected chi connectivity index (χ2v) is 16.1. The van der Waals surface area contributed by atoms with Crippen molar-refractivity contribution in [2.75, 3.05) is 32.7 Å². The summed E-state index contributed by atoms with van der Waals surface area (Å²) in [5, 5.41) is 23.8. The molecule has 4 aromatic rings. The average molecular weight is 779 g/mol. The number of carbonyl (C=O) groups excluding carboxylic acids is 2. The number of β-amino-alcohol motifs (C(OH)–C–C–N with tert-alkyl or cyclic N) is 1. The van der Waals surface area contributed by atoms with Crippen LogP contribution in [-0.4, -0.2) is 76.1 Å². The molecule has 0 radical (unpaired) electrons. The van der Waals surface area contributed by atoms with Gasteiger partial charge in [-0.1, -0.05) is 42.3 Å². The van der Waals surface area contributed by atoms with Gasteiger partial charge in [0.1, 0.15) is 5.76 Å². The van der Waals surface area contributed by atoms with E-state index in [4.69, 9.17) is 20.4 Å². The van der Waals surface area contributed by atoms with Gasteiger partial charge in [-0.3, -0.25) is 14.5 Å². The predicted octanol–water partition coefficient (Wildman–Crippen LogP) is 8.94. The number of aliphatic hydroxyl groups is 2. The van der Waals surface area contributed by atoms with Crippen molar-refractivity contribution >= 4 is 23.3 Å². The lowest BCUT2D eigenvalue weighted by atomic mass is 9.64. The van der Waals surface area contributed by atoms with Crippen molar-refractivity contribution in [1.82, 2.24) is 9.80 Å². The number of furan rings is 2. The average Bonchev–Trinajstić information content (AvgIpc) is 3.92. The minimum absolute atomic E-state index is 0.0186. The van der Waals surface area contributed by atoms with Gasteiger partial charge in [-0.05, 0) is 117 Å². The third kappa shape index (κ3) is 7.94. The second-order valence-electron chi connectivity index (χ2n) is 15.7. The van der Waals surface area contributed by atoms with Crippen LogP contribution in [0.1, 0.15) is 102 Å². The Morgan fingerprint density at radius 2 is 1.76 bits per heavy atom. The summed E-state index contributed by atoms with van der Waals surface area (Å²) in [6.07, 6.45) is 2.48. The first-order chi connectivity index (χ1) is 26.1. The number of fused-ring (bicyclic) bond motifs is 8. The molecule has 4 atom stereocenters. The van der Waals surface area contributed by atoms with E-state index in [9.17, 15) is 33.0 Å². The molecule has 1 saturated carbocycles. The van der Waals surface area contributed by atoms with Crippen LogP contribution in [0.2, 0.25) is 5.02 Å². The summed E-state index contributed by atoms with van der Waals surface area (Å²) in [4.78, 5) is 31.4. The van der Waals surface area contributed by atoms with Gasteiger partial charge >= 0.3 is 6.18 Å². The maximum atomic E-state index is 14.5. The van der Waals surface area contributed by atoms with Crippen LogP contribution in [0.4, 0.5) is 13.2 Å². The van der Waals surface area contributed by atoms with Crippen LogP contribution in [0.15, 0.2) is 87.4 Å². The van der Waals surface area contributed by atoms with Gasteiger partial charge in [0, 0.05) is 49.3 Å². The fourth-order valence-electron chi connectivity index (χ4n) is 8.86. The summed E-state index contributed by atoms with van der Waals surface area (Å²) in [5.74, 6) is -0.557. The third-order valence-electron chi connectivity index (χ3n) is 12.2. The minimum Gasteiger partial charge on any atom is -0.459 e. The van der Waals surface area contributed by atoms with Gasteiger partial charge < -0.3 is 23.9 Å². The lowest BCUT2D eigenvalue weighted by Gasteiger charge is -2.47. The monoisotopic (exact) mass is 778 g/mol. The van der Waals surface area contributed by atoms with Gasteiger partial charge in [-0.15, -0.1) is 0 Å². The highest BCUT2D eigenvalue weighted by atomic mass is 35.5. The number of carbonyl (C=O) groups is 2. The molecule has 3 heterocycles. The summed E-state index contributed by atoms with van der Waals surface area (Å²) >= 11 is 6.32. The summed E-state index contributed by atoms with van der Waals surface area (Å²) in [5.41, 5.74) is 0.392. The van der Waals surface area contributed by atoms with E-state index in [1.54, 1.807) is 23.1 Å². The first-order valence-electron chi connectivity index (χ1n) is 18.9. The number of rotatable bonds is 6. The number of alkyl halides is 3. The van der Waals surface area contributed by atoms with Crippen LogP contribution < -0.4 is 0 Å². The van der Waals surface area contributed by atoms with Crippen molar-refractivity contribution in [3.8, 4) is 11.3 Å². The number of benzene rings is 2. The van der Waals surface area contributed by atoms with Crippen LogP contribution in [0.3, 0.4) is 0 Å². The Morgan fingerprint density at radius 1 is 0.982 bits per heavy atom. The molecular formula is C43H46ClF3N2O6. The Kier molecular flexibility index (Phi) is 11.0. The summed E-state index contributed by atoms with van der Waals surface area (Å²) in [7, 11) is 0. The van der Waals surface area contributed by atoms with E-state index in [0.29, 0.717) is 89.0 Å². The molecule has 2 N–H and O–H groups in total. The van der Waals surface area contributed by atoms with Crippen LogP contribution in [0.25, 0.3) is 11.3 Å². The zero-order valence-electron chi connectivity index (χ0n) is 31.0. The first kappa shape index (κ1) is 39.1. The van der Waals surface area contributed by atoms with Crippen LogP contribution in [0.5, 0.6) is 0 Å².